The zero-order valence-corrected chi connectivity index (χ0v) is 10.7. The van der Waals surface area contributed by atoms with Crippen molar-refractivity contribution in [3.05, 3.63) is 72.7 Å². The van der Waals surface area contributed by atoms with Gasteiger partial charge in [0, 0.05) is 24.2 Å². The summed E-state index contributed by atoms with van der Waals surface area (Å²) >= 11 is 0. The molecule has 2 nitrogen and oxygen atoms in total. The average molecular weight is 246 g/mol. The van der Waals surface area contributed by atoms with E-state index in [1.54, 1.807) is 0 Å². The molecule has 0 aliphatic carbocycles. The maximum Gasteiger partial charge on any atom is 0.0710 e. The Morgan fingerprint density at radius 3 is 2.32 bits per heavy atom. The van der Waals surface area contributed by atoms with Crippen molar-refractivity contribution >= 4 is 0 Å². The normalized spacial score (nSPS) is 10.4. The van der Waals surface area contributed by atoms with Gasteiger partial charge in [0.1, 0.15) is 0 Å². The summed E-state index contributed by atoms with van der Waals surface area (Å²) in [5.41, 5.74) is 5.75. The standard InChI is InChI=1S/C17H14N2/c1-13-4-2-3-5-16(13)17-12-15(8-11-19-17)14-6-9-18-10-7-14/h2-12H,1H3. The molecule has 0 saturated carbocycles. The van der Waals surface area contributed by atoms with Gasteiger partial charge in [-0.05, 0) is 47.9 Å². The first kappa shape index (κ1) is 11.6. The highest BCUT2D eigenvalue weighted by Crippen LogP contribution is 2.25. The third-order valence-corrected chi connectivity index (χ3v) is 3.19. The van der Waals surface area contributed by atoms with Gasteiger partial charge in [-0.2, -0.15) is 0 Å². The highest BCUT2D eigenvalue weighted by atomic mass is 14.7. The molecule has 0 saturated heterocycles. The second kappa shape index (κ2) is 5.02. The van der Waals surface area contributed by atoms with E-state index in [9.17, 15) is 0 Å². The van der Waals surface area contributed by atoms with Crippen molar-refractivity contribution in [3.63, 3.8) is 0 Å². The maximum atomic E-state index is 4.48. The molecule has 0 bridgehead atoms. The first-order chi connectivity index (χ1) is 9.34. The molecule has 92 valence electrons. The quantitative estimate of drug-likeness (QED) is 0.679. The topological polar surface area (TPSA) is 25.8 Å². The zero-order chi connectivity index (χ0) is 13.1. The molecular formula is C17H14N2. The number of aryl methyl sites for hydroxylation is 1. The predicted molar refractivity (Wildman–Crippen MR) is 77.6 cm³/mol. The van der Waals surface area contributed by atoms with Gasteiger partial charge >= 0.3 is 0 Å². The molecule has 0 aliphatic heterocycles. The van der Waals surface area contributed by atoms with Crippen LogP contribution in [0.5, 0.6) is 0 Å². The number of benzene rings is 1. The summed E-state index contributed by atoms with van der Waals surface area (Å²) in [7, 11) is 0. The van der Waals surface area contributed by atoms with Gasteiger partial charge in [0.25, 0.3) is 0 Å². The number of hydrogen-bond donors (Lipinski definition) is 0. The minimum Gasteiger partial charge on any atom is -0.265 e. The molecule has 19 heavy (non-hydrogen) atoms. The van der Waals surface area contributed by atoms with Crippen molar-refractivity contribution < 1.29 is 0 Å². The van der Waals surface area contributed by atoms with Gasteiger partial charge in [-0.3, -0.25) is 9.97 Å². The molecule has 0 unspecified atom stereocenters. The number of rotatable bonds is 2. The summed E-state index contributed by atoms with van der Waals surface area (Å²) in [6.45, 7) is 2.11. The van der Waals surface area contributed by atoms with E-state index < -0.39 is 0 Å². The number of hydrogen-bond acceptors (Lipinski definition) is 2. The molecule has 0 atom stereocenters. The molecule has 0 aliphatic rings. The molecule has 0 fully saturated rings. The first-order valence-corrected chi connectivity index (χ1v) is 6.27. The number of aromatic nitrogens is 2. The molecular weight excluding hydrogens is 232 g/mol. The van der Waals surface area contributed by atoms with Gasteiger partial charge < -0.3 is 0 Å². The van der Waals surface area contributed by atoms with E-state index >= 15 is 0 Å². The highest BCUT2D eigenvalue weighted by molar-refractivity contribution is 5.71. The lowest BCUT2D eigenvalue weighted by atomic mass is 10.0. The molecule has 2 heterocycles. The molecule has 3 aromatic rings. The smallest absolute Gasteiger partial charge is 0.0710 e. The first-order valence-electron chi connectivity index (χ1n) is 6.27. The Labute approximate surface area is 112 Å². The highest BCUT2D eigenvalue weighted by Gasteiger charge is 2.04. The molecule has 2 aromatic heterocycles. The lowest BCUT2D eigenvalue weighted by Crippen LogP contribution is -1.88. The number of nitrogens with zero attached hydrogens (tertiary/aromatic N) is 2. The van der Waals surface area contributed by atoms with Gasteiger partial charge in [0.2, 0.25) is 0 Å². The SMILES string of the molecule is Cc1ccccc1-c1cc(-c2ccncc2)ccn1. The molecule has 0 radical (unpaired) electrons. The van der Waals surface area contributed by atoms with Crippen LogP contribution in [0, 0.1) is 6.92 Å². The summed E-state index contributed by atoms with van der Waals surface area (Å²) in [5, 5.41) is 0. The largest absolute Gasteiger partial charge is 0.265 e. The van der Waals surface area contributed by atoms with Crippen molar-refractivity contribution in [1.29, 1.82) is 0 Å². The van der Waals surface area contributed by atoms with Crippen LogP contribution in [0.1, 0.15) is 5.56 Å². The van der Waals surface area contributed by atoms with Crippen LogP contribution in [-0.2, 0) is 0 Å². The Kier molecular flexibility index (Phi) is 3.07. The molecule has 1 aromatic carbocycles. The summed E-state index contributed by atoms with van der Waals surface area (Å²) in [6, 6.07) is 16.5. The van der Waals surface area contributed by atoms with Crippen LogP contribution in [-0.4, -0.2) is 9.97 Å². The Morgan fingerprint density at radius 2 is 1.53 bits per heavy atom. The van der Waals surface area contributed by atoms with Crippen LogP contribution in [0.4, 0.5) is 0 Å². The molecule has 0 amide bonds. The Bertz CT molecular complexity index is 690. The molecule has 3 rings (SSSR count). The van der Waals surface area contributed by atoms with E-state index in [2.05, 4.69) is 35.1 Å². The van der Waals surface area contributed by atoms with Crippen molar-refractivity contribution in [2.24, 2.45) is 0 Å². The van der Waals surface area contributed by atoms with E-state index in [1.165, 1.54) is 11.1 Å². The Morgan fingerprint density at radius 1 is 0.789 bits per heavy atom. The fourth-order valence-corrected chi connectivity index (χ4v) is 2.16. The van der Waals surface area contributed by atoms with E-state index in [4.69, 9.17) is 0 Å². The summed E-state index contributed by atoms with van der Waals surface area (Å²) < 4.78 is 0. The Balaban J connectivity index is 2.09. The second-order valence-corrected chi connectivity index (χ2v) is 4.48. The van der Waals surface area contributed by atoms with E-state index in [0.717, 1.165) is 16.8 Å². The van der Waals surface area contributed by atoms with Crippen molar-refractivity contribution in [1.82, 2.24) is 9.97 Å². The maximum absolute atomic E-state index is 4.48. The van der Waals surface area contributed by atoms with Gasteiger partial charge in [0.05, 0.1) is 5.69 Å². The van der Waals surface area contributed by atoms with Crippen LogP contribution >= 0.6 is 0 Å². The summed E-state index contributed by atoms with van der Waals surface area (Å²) in [6.07, 6.45) is 5.48. The average Bonchev–Trinajstić information content (AvgIpc) is 2.49. The van der Waals surface area contributed by atoms with E-state index in [-0.39, 0.29) is 0 Å². The summed E-state index contributed by atoms with van der Waals surface area (Å²) in [5.74, 6) is 0. The molecule has 0 N–H and O–H groups in total. The van der Waals surface area contributed by atoms with Gasteiger partial charge in [-0.1, -0.05) is 24.3 Å². The monoisotopic (exact) mass is 246 g/mol. The third kappa shape index (κ3) is 2.38. The third-order valence-electron chi connectivity index (χ3n) is 3.19. The zero-order valence-electron chi connectivity index (χ0n) is 10.7. The fourth-order valence-electron chi connectivity index (χ4n) is 2.16. The minimum absolute atomic E-state index is 1.01. The minimum atomic E-state index is 1.01. The van der Waals surface area contributed by atoms with Crippen molar-refractivity contribution in [2.45, 2.75) is 6.92 Å². The van der Waals surface area contributed by atoms with Crippen LogP contribution < -0.4 is 0 Å². The van der Waals surface area contributed by atoms with Crippen LogP contribution in [0.15, 0.2) is 67.1 Å². The van der Waals surface area contributed by atoms with Crippen LogP contribution in [0.25, 0.3) is 22.4 Å². The predicted octanol–water partition coefficient (Wildman–Crippen LogP) is 4.12. The van der Waals surface area contributed by atoms with Crippen molar-refractivity contribution in [2.75, 3.05) is 0 Å². The Hall–Kier alpha value is -2.48. The van der Waals surface area contributed by atoms with Gasteiger partial charge in [-0.25, -0.2) is 0 Å². The summed E-state index contributed by atoms with van der Waals surface area (Å²) in [4.78, 5) is 8.53. The van der Waals surface area contributed by atoms with Gasteiger partial charge in [0.15, 0.2) is 0 Å². The van der Waals surface area contributed by atoms with E-state index in [1.807, 2.05) is 48.9 Å². The lowest BCUT2D eigenvalue weighted by molar-refractivity contribution is 1.30. The number of pyridine rings is 2. The molecule has 0 spiro atoms. The van der Waals surface area contributed by atoms with Crippen LogP contribution in [0.2, 0.25) is 0 Å². The van der Waals surface area contributed by atoms with Crippen molar-refractivity contribution in [3.8, 4) is 22.4 Å². The second-order valence-electron chi connectivity index (χ2n) is 4.48. The van der Waals surface area contributed by atoms with E-state index in [0.29, 0.717) is 0 Å². The fraction of sp³-hybridized carbons (Fsp3) is 0.0588. The van der Waals surface area contributed by atoms with Gasteiger partial charge in [-0.15, -0.1) is 0 Å². The van der Waals surface area contributed by atoms with Crippen LogP contribution in [0.3, 0.4) is 0 Å². The molecule has 2 heteroatoms. The lowest BCUT2D eigenvalue weighted by Gasteiger charge is -2.07.